The summed E-state index contributed by atoms with van der Waals surface area (Å²) in [5.41, 5.74) is 2.77. The van der Waals surface area contributed by atoms with Gasteiger partial charge in [-0.15, -0.1) is 0 Å². The second kappa shape index (κ2) is 13.8. The molecule has 5 nitrogen and oxygen atoms in total. The molecule has 0 unspecified atom stereocenters. The largest absolute Gasteiger partial charge is 0.483 e. The molecule has 1 atom stereocenters. The monoisotopic (exact) mass is 520 g/mol. The Morgan fingerprint density at radius 3 is 2.22 bits per heavy atom. The van der Waals surface area contributed by atoms with Gasteiger partial charge in [-0.1, -0.05) is 106 Å². The maximum absolute atomic E-state index is 13.8. The average Bonchev–Trinajstić information content (AvgIpc) is 2.89. The van der Waals surface area contributed by atoms with Crippen molar-refractivity contribution in [1.82, 2.24) is 10.2 Å². The Labute approximate surface area is 225 Å². The Hall–Kier alpha value is -3.31. The number of hydrogen-bond donors (Lipinski definition) is 1. The van der Waals surface area contributed by atoms with E-state index in [9.17, 15) is 9.59 Å². The number of carbonyl (C=O) groups is 2. The second-order valence-corrected chi connectivity index (χ2v) is 10.3. The molecule has 0 fully saturated rings. The summed E-state index contributed by atoms with van der Waals surface area (Å²) in [7, 11) is 0. The minimum Gasteiger partial charge on any atom is -0.483 e. The Balaban J connectivity index is 1.93. The van der Waals surface area contributed by atoms with Crippen LogP contribution in [0.2, 0.25) is 5.02 Å². The predicted molar refractivity (Wildman–Crippen MR) is 150 cm³/mol. The van der Waals surface area contributed by atoms with Gasteiger partial charge in [0.05, 0.1) is 0 Å². The Morgan fingerprint density at radius 1 is 0.892 bits per heavy atom. The average molecular weight is 521 g/mol. The van der Waals surface area contributed by atoms with Crippen molar-refractivity contribution < 1.29 is 14.3 Å². The van der Waals surface area contributed by atoms with Gasteiger partial charge in [-0.25, -0.2) is 0 Å². The van der Waals surface area contributed by atoms with E-state index in [4.69, 9.17) is 16.3 Å². The maximum atomic E-state index is 13.8. The van der Waals surface area contributed by atoms with Crippen LogP contribution in [0.5, 0.6) is 5.75 Å². The summed E-state index contributed by atoms with van der Waals surface area (Å²) in [6.07, 6.45) is 0.379. The molecule has 0 heterocycles. The van der Waals surface area contributed by atoms with Gasteiger partial charge in [0.15, 0.2) is 6.61 Å². The smallest absolute Gasteiger partial charge is 0.261 e. The molecule has 6 heteroatoms. The fourth-order valence-electron chi connectivity index (χ4n) is 4.10. The van der Waals surface area contributed by atoms with Crippen molar-refractivity contribution in [3.05, 3.63) is 101 Å². The van der Waals surface area contributed by atoms with Crippen LogP contribution in [0.3, 0.4) is 0 Å². The number of para-hydroxylation sites is 1. The van der Waals surface area contributed by atoms with Crippen LogP contribution in [0.15, 0.2) is 78.9 Å². The number of amides is 2. The molecular weight excluding hydrogens is 484 g/mol. The Morgan fingerprint density at radius 2 is 1.54 bits per heavy atom. The molecule has 0 saturated carbocycles. The molecule has 3 rings (SSSR count). The van der Waals surface area contributed by atoms with Gasteiger partial charge in [-0.05, 0) is 40.7 Å². The van der Waals surface area contributed by atoms with Gasteiger partial charge in [0.1, 0.15) is 11.8 Å². The molecule has 0 saturated heterocycles. The first-order valence-electron chi connectivity index (χ1n) is 12.8. The maximum Gasteiger partial charge on any atom is 0.261 e. The molecule has 0 aromatic heterocycles. The van der Waals surface area contributed by atoms with Crippen LogP contribution < -0.4 is 10.1 Å². The molecule has 0 aliphatic heterocycles. The predicted octanol–water partition coefficient (Wildman–Crippen LogP) is 6.25. The molecule has 1 N–H and O–H groups in total. The lowest BCUT2D eigenvalue weighted by molar-refractivity contribution is -0.142. The number of halogens is 1. The highest BCUT2D eigenvalue weighted by Crippen LogP contribution is 2.26. The normalized spacial score (nSPS) is 11.9. The third-order valence-electron chi connectivity index (χ3n) is 6.15. The molecule has 0 spiro atoms. The quantitative estimate of drug-likeness (QED) is 0.307. The van der Waals surface area contributed by atoms with E-state index < -0.39 is 6.04 Å². The first kappa shape index (κ1) is 28.3. The molecule has 0 aliphatic rings. The highest BCUT2D eigenvalue weighted by Gasteiger charge is 2.31. The highest BCUT2D eigenvalue weighted by molar-refractivity contribution is 6.31. The molecule has 2 amide bonds. The number of hydrogen-bond acceptors (Lipinski definition) is 3. The van der Waals surface area contributed by atoms with E-state index >= 15 is 0 Å². The number of nitrogens with zero attached hydrogens (tertiary/aromatic N) is 1. The van der Waals surface area contributed by atoms with Gasteiger partial charge in [0.25, 0.3) is 5.91 Å². The molecule has 0 bridgehead atoms. The molecule has 0 aliphatic carbocycles. The van der Waals surface area contributed by atoms with Crippen molar-refractivity contribution in [2.24, 2.45) is 5.92 Å². The van der Waals surface area contributed by atoms with Gasteiger partial charge >= 0.3 is 0 Å². The van der Waals surface area contributed by atoms with E-state index in [-0.39, 0.29) is 36.8 Å². The zero-order chi connectivity index (χ0) is 26.8. The van der Waals surface area contributed by atoms with E-state index in [2.05, 4.69) is 19.2 Å². The first-order valence-corrected chi connectivity index (χ1v) is 13.2. The van der Waals surface area contributed by atoms with Crippen molar-refractivity contribution in [1.29, 1.82) is 0 Å². The van der Waals surface area contributed by atoms with Crippen LogP contribution in [0.25, 0.3) is 0 Å². The summed E-state index contributed by atoms with van der Waals surface area (Å²) in [6.45, 7) is 8.79. The van der Waals surface area contributed by atoms with E-state index in [0.717, 1.165) is 16.7 Å². The molecule has 0 radical (unpaired) electrons. The molecule has 3 aromatic rings. The number of ether oxygens (including phenoxy) is 1. The number of nitrogens with one attached hydrogen (secondary N) is 1. The van der Waals surface area contributed by atoms with Gasteiger partial charge in [0, 0.05) is 24.5 Å². The minimum atomic E-state index is -0.728. The summed E-state index contributed by atoms with van der Waals surface area (Å²) in [5, 5.41) is 3.58. The van der Waals surface area contributed by atoms with Crippen molar-refractivity contribution in [3.8, 4) is 5.75 Å². The van der Waals surface area contributed by atoms with E-state index in [1.54, 1.807) is 11.0 Å². The number of carbonyl (C=O) groups excluding carboxylic acids is 2. The van der Waals surface area contributed by atoms with Crippen LogP contribution in [0, 0.1) is 5.92 Å². The van der Waals surface area contributed by atoms with E-state index in [1.807, 2.05) is 86.6 Å². The lowest BCUT2D eigenvalue weighted by Crippen LogP contribution is -2.52. The van der Waals surface area contributed by atoms with E-state index in [1.165, 1.54) is 0 Å². The van der Waals surface area contributed by atoms with Crippen molar-refractivity contribution in [2.75, 3.05) is 13.2 Å². The molecular formula is C31H37ClN2O3. The number of benzene rings is 3. The summed E-state index contributed by atoms with van der Waals surface area (Å²) in [5.74, 6) is 0.732. The summed E-state index contributed by atoms with van der Waals surface area (Å²) >= 11 is 6.48. The fourth-order valence-corrected chi connectivity index (χ4v) is 4.29. The Kier molecular flexibility index (Phi) is 10.6. The van der Waals surface area contributed by atoms with E-state index in [0.29, 0.717) is 23.7 Å². The highest BCUT2D eigenvalue weighted by atomic mass is 35.5. The molecule has 37 heavy (non-hydrogen) atoms. The summed E-state index contributed by atoms with van der Waals surface area (Å²) in [4.78, 5) is 28.9. The van der Waals surface area contributed by atoms with Gasteiger partial charge in [-0.3, -0.25) is 9.59 Å². The SMILES string of the molecule is CC(C)CNC(=O)[C@H](Cc1ccccc1)N(Cc1ccccc1Cl)C(=O)COc1ccccc1C(C)C. The van der Waals surface area contributed by atoms with Crippen LogP contribution in [0.4, 0.5) is 0 Å². The topological polar surface area (TPSA) is 58.6 Å². The van der Waals surface area contributed by atoms with Crippen molar-refractivity contribution >= 4 is 23.4 Å². The zero-order valence-electron chi connectivity index (χ0n) is 22.1. The van der Waals surface area contributed by atoms with Gasteiger partial charge < -0.3 is 15.0 Å². The van der Waals surface area contributed by atoms with Gasteiger partial charge in [-0.2, -0.15) is 0 Å². The minimum absolute atomic E-state index is 0.184. The molecule has 196 valence electrons. The Bertz CT molecular complexity index is 1160. The van der Waals surface area contributed by atoms with Crippen LogP contribution in [-0.4, -0.2) is 35.9 Å². The second-order valence-electron chi connectivity index (χ2n) is 9.94. The zero-order valence-corrected chi connectivity index (χ0v) is 22.9. The van der Waals surface area contributed by atoms with Crippen molar-refractivity contribution in [3.63, 3.8) is 0 Å². The summed E-state index contributed by atoms with van der Waals surface area (Å²) in [6, 6.07) is 24.1. The third kappa shape index (κ3) is 8.36. The lowest BCUT2D eigenvalue weighted by Gasteiger charge is -2.32. The van der Waals surface area contributed by atoms with Crippen LogP contribution in [-0.2, 0) is 22.6 Å². The molecule has 3 aromatic carbocycles. The van der Waals surface area contributed by atoms with Crippen LogP contribution >= 0.6 is 11.6 Å². The van der Waals surface area contributed by atoms with Crippen molar-refractivity contribution in [2.45, 2.75) is 52.6 Å². The summed E-state index contributed by atoms with van der Waals surface area (Å²) < 4.78 is 6.03. The number of rotatable bonds is 12. The fraction of sp³-hybridized carbons (Fsp3) is 0.355. The van der Waals surface area contributed by atoms with Gasteiger partial charge in [0.2, 0.25) is 5.91 Å². The first-order chi connectivity index (χ1) is 17.8. The van der Waals surface area contributed by atoms with Crippen LogP contribution in [0.1, 0.15) is 50.3 Å². The lowest BCUT2D eigenvalue weighted by atomic mass is 10.0. The standard InChI is InChI=1S/C31H37ClN2O3/c1-22(2)19-33-31(36)28(18-24-12-6-5-7-13-24)34(20-25-14-8-10-16-27(25)32)30(35)21-37-29-17-11-9-15-26(29)23(3)4/h5-17,22-23,28H,18-21H2,1-4H3,(H,33,36)/t28-/m0/s1. The third-order valence-corrected chi connectivity index (χ3v) is 6.52.